The van der Waals surface area contributed by atoms with E-state index >= 15 is 0 Å². The lowest BCUT2D eigenvalue weighted by Gasteiger charge is -1.94. The van der Waals surface area contributed by atoms with E-state index in [1.165, 1.54) is 0 Å². The first-order valence-corrected chi connectivity index (χ1v) is 3.72. The lowest BCUT2D eigenvalue weighted by molar-refractivity contribution is 0.486. The number of guanidine groups is 1. The van der Waals surface area contributed by atoms with Crippen molar-refractivity contribution in [2.75, 3.05) is 0 Å². The molecule has 13 heavy (non-hydrogen) atoms. The van der Waals surface area contributed by atoms with Crippen LogP contribution in [0.15, 0.2) is 21.5 Å². The number of aliphatic imine (C=N–C) groups is 1. The van der Waals surface area contributed by atoms with Crippen molar-refractivity contribution in [2.45, 2.75) is 13.5 Å². The van der Waals surface area contributed by atoms with Crippen LogP contribution in [0, 0.1) is 18.4 Å². The monoisotopic (exact) mass is 178 g/mol. The molecule has 1 aromatic heterocycles. The van der Waals surface area contributed by atoms with Gasteiger partial charge in [-0.05, 0) is 19.1 Å². The molecule has 0 unspecified atom stereocenters. The van der Waals surface area contributed by atoms with Crippen molar-refractivity contribution < 1.29 is 4.42 Å². The molecule has 5 nitrogen and oxygen atoms in total. The Kier molecular flexibility index (Phi) is 2.92. The van der Waals surface area contributed by atoms with Crippen molar-refractivity contribution in [3.8, 4) is 6.19 Å². The van der Waals surface area contributed by atoms with Gasteiger partial charge in [-0.1, -0.05) is 0 Å². The van der Waals surface area contributed by atoms with Crippen LogP contribution < -0.4 is 11.1 Å². The van der Waals surface area contributed by atoms with E-state index in [0.29, 0.717) is 6.54 Å². The zero-order valence-corrected chi connectivity index (χ0v) is 7.24. The zero-order chi connectivity index (χ0) is 9.68. The van der Waals surface area contributed by atoms with Gasteiger partial charge in [0.2, 0.25) is 5.96 Å². The van der Waals surface area contributed by atoms with Crippen molar-refractivity contribution in [3.63, 3.8) is 0 Å². The standard InChI is InChI=1S/C8H10N4O/c1-6-2-3-7(13-6)4-11-8(10)12-5-9/h2-3H,4H2,1H3,(H3,10,11,12). The quantitative estimate of drug-likeness (QED) is 0.298. The van der Waals surface area contributed by atoms with Gasteiger partial charge in [-0.3, -0.25) is 5.32 Å². The van der Waals surface area contributed by atoms with Gasteiger partial charge in [0.15, 0.2) is 6.19 Å². The van der Waals surface area contributed by atoms with E-state index in [1.807, 2.05) is 19.1 Å². The molecule has 1 aromatic rings. The fourth-order valence-corrected chi connectivity index (χ4v) is 0.830. The van der Waals surface area contributed by atoms with E-state index in [4.69, 9.17) is 15.4 Å². The van der Waals surface area contributed by atoms with Crippen LogP contribution in [0.25, 0.3) is 0 Å². The van der Waals surface area contributed by atoms with Crippen LogP contribution in [-0.4, -0.2) is 5.96 Å². The molecule has 68 valence electrons. The maximum atomic E-state index is 8.19. The van der Waals surface area contributed by atoms with Crippen LogP contribution in [0.2, 0.25) is 0 Å². The molecular weight excluding hydrogens is 168 g/mol. The minimum absolute atomic E-state index is 0.0940. The number of nitrogens with zero attached hydrogens (tertiary/aromatic N) is 2. The Hall–Kier alpha value is -1.96. The highest BCUT2D eigenvalue weighted by molar-refractivity contribution is 5.79. The number of hydrogen-bond donors (Lipinski definition) is 2. The Morgan fingerprint density at radius 3 is 3.08 bits per heavy atom. The molecule has 0 spiro atoms. The number of nitrogens with two attached hydrogens (primary N) is 1. The third kappa shape index (κ3) is 2.87. The number of furan rings is 1. The van der Waals surface area contributed by atoms with Gasteiger partial charge in [0, 0.05) is 0 Å². The summed E-state index contributed by atoms with van der Waals surface area (Å²) >= 11 is 0. The summed E-state index contributed by atoms with van der Waals surface area (Å²) in [6.07, 6.45) is 1.67. The summed E-state index contributed by atoms with van der Waals surface area (Å²) in [5.74, 6) is 1.65. The van der Waals surface area contributed by atoms with Crippen LogP contribution in [0.5, 0.6) is 0 Å². The highest BCUT2D eigenvalue weighted by Gasteiger charge is 1.96. The predicted molar refractivity (Wildman–Crippen MR) is 47.5 cm³/mol. The Balaban J connectivity index is 2.52. The van der Waals surface area contributed by atoms with Gasteiger partial charge in [-0.15, -0.1) is 0 Å². The van der Waals surface area contributed by atoms with Crippen LogP contribution in [0.3, 0.4) is 0 Å². The molecule has 5 heteroatoms. The molecule has 0 radical (unpaired) electrons. The lowest BCUT2D eigenvalue weighted by atomic mass is 10.4. The number of rotatable bonds is 2. The van der Waals surface area contributed by atoms with E-state index in [1.54, 1.807) is 6.19 Å². The number of nitriles is 1. The topological polar surface area (TPSA) is 87.3 Å². The molecule has 1 heterocycles. The summed E-state index contributed by atoms with van der Waals surface area (Å²) in [6, 6.07) is 3.66. The van der Waals surface area contributed by atoms with E-state index < -0.39 is 0 Å². The van der Waals surface area contributed by atoms with Crippen molar-refractivity contribution >= 4 is 5.96 Å². The van der Waals surface area contributed by atoms with Crippen molar-refractivity contribution in [1.82, 2.24) is 5.32 Å². The van der Waals surface area contributed by atoms with Gasteiger partial charge < -0.3 is 10.2 Å². The normalized spacial score (nSPS) is 10.9. The Bertz CT molecular complexity index is 347. The molecule has 0 aromatic carbocycles. The van der Waals surface area contributed by atoms with E-state index in [9.17, 15) is 0 Å². The van der Waals surface area contributed by atoms with Crippen LogP contribution in [0.1, 0.15) is 11.5 Å². The molecule has 0 amide bonds. The second-order valence-electron chi connectivity index (χ2n) is 2.45. The molecule has 0 bridgehead atoms. The number of hydrogen-bond acceptors (Lipinski definition) is 3. The second kappa shape index (κ2) is 4.16. The lowest BCUT2D eigenvalue weighted by Crippen LogP contribution is -2.27. The minimum Gasteiger partial charge on any atom is -0.464 e. The fraction of sp³-hybridized carbons (Fsp3) is 0.250. The first-order valence-electron chi connectivity index (χ1n) is 3.72. The third-order valence-electron chi connectivity index (χ3n) is 1.39. The molecule has 1 rings (SSSR count). The minimum atomic E-state index is 0.0940. The molecule has 0 saturated carbocycles. The first-order chi connectivity index (χ1) is 6.22. The summed E-state index contributed by atoms with van der Waals surface area (Å²) in [6.45, 7) is 2.19. The SMILES string of the molecule is Cc1ccc(CN=C(N)NC#N)o1. The van der Waals surface area contributed by atoms with Gasteiger partial charge in [-0.25, -0.2) is 4.99 Å². The van der Waals surface area contributed by atoms with Gasteiger partial charge in [0.1, 0.15) is 18.1 Å². The van der Waals surface area contributed by atoms with Crippen molar-refractivity contribution in [1.29, 1.82) is 5.26 Å². The zero-order valence-electron chi connectivity index (χ0n) is 7.24. The summed E-state index contributed by atoms with van der Waals surface area (Å²) < 4.78 is 5.24. The summed E-state index contributed by atoms with van der Waals surface area (Å²) in [7, 11) is 0. The average Bonchev–Trinajstić information content (AvgIpc) is 2.49. The van der Waals surface area contributed by atoms with E-state index in [2.05, 4.69) is 10.3 Å². The van der Waals surface area contributed by atoms with Gasteiger partial charge in [0.05, 0.1) is 0 Å². The van der Waals surface area contributed by atoms with Gasteiger partial charge in [-0.2, -0.15) is 5.26 Å². The van der Waals surface area contributed by atoms with E-state index in [0.717, 1.165) is 11.5 Å². The second-order valence-corrected chi connectivity index (χ2v) is 2.45. The third-order valence-corrected chi connectivity index (χ3v) is 1.39. The van der Waals surface area contributed by atoms with Gasteiger partial charge >= 0.3 is 0 Å². The van der Waals surface area contributed by atoms with Crippen LogP contribution >= 0.6 is 0 Å². The Labute approximate surface area is 75.9 Å². The summed E-state index contributed by atoms with van der Waals surface area (Å²) in [5.41, 5.74) is 5.31. The maximum absolute atomic E-state index is 8.19. The Morgan fingerprint density at radius 2 is 2.54 bits per heavy atom. The van der Waals surface area contributed by atoms with Crippen molar-refractivity contribution in [3.05, 3.63) is 23.7 Å². The summed E-state index contributed by atoms with van der Waals surface area (Å²) in [4.78, 5) is 3.86. The summed E-state index contributed by atoms with van der Waals surface area (Å²) in [5, 5.41) is 10.4. The molecule has 0 aliphatic heterocycles. The fourth-order valence-electron chi connectivity index (χ4n) is 0.830. The molecule has 0 atom stereocenters. The predicted octanol–water partition coefficient (Wildman–Crippen LogP) is 0.473. The van der Waals surface area contributed by atoms with Crippen LogP contribution in [0.4, 0.5) is 0 Å². The number of nitrogens with one attached hydrogen (secondary N) is 1. The molecule has 0 saturated heterocycles. The molecule has 0 fully saturated rings. The smallest absolute Gasteiger partial charge is 0.202 e. The van der Waals surface area contributed by atoms with Crippen molar-refractivity contribution in [2.24, 2.45) is 10.7 Å². The highest BCUT2D eigenvalue weighted by atomic mass is 16.3. The molecule has 0 aliphatic rings. The highest BCUT2D eigenvalue weighted by Crippen LogP contribution is 2.06. The molecular formula is C8H10N4O. The number of aryl methyl sites for hydroxylation is 1. The van der Waals surface area contributed by atoms with E-state index in [-0.39, 0.29) is 5.96 Å². The average molecular weight is 178 g/mol. The maximum Gasteiger partial charge on any atom is 0.202 e. The first kappa shape index (κ1) is 9.13. The van der Waals surface area contributed by atoms with Crippen LogP contribution in [-0.2, 0) is 6.54 Å². The molecule has 0 aliphatic carbocycles. The van der Waals surface area contributed by atoms with Gasteiger partial charge in [0.25, 0.3) is 0 Å². The largest absolute Gasteiger partial charge is 0.464 e. The Morgan fingerprint density at radius 1 is 1.77 bits per heavy atom. The molecule has 3 N–H and O–H groups in total.